The lowest BCUT2D eigenvalue weighted by molar-refractivity contribution is 0.362. The van der Waals surface area contributed by atoms with Gasteiger partial charge in [0.2, 0.25) is 5.82 Å². The summed E-state index contributed by atoms with van der Waals surface area (Å²) in [5.41, 5.74) is 0.466. The number of benzene rings is 1. The Hall–Kier alpha value is -2.11. The Labute approximate surface area is 94.9 Å². The van der Waals surface area contributed by atoms with Crippen LogP contribution >= 0.6 is 0 Å². The van der Waals surface area contributed by atoms with E-state index in [0.29, 0.717) is 5.56 Å². The summed E-state index contributed by atoms with van der Waals surface area (Å²) < 4.78 is 44.3. The van der Waals surface area contributed by atoms with Gasteiger partial charge in [-0.3, -0.25) is 0 Å². The highest BCUT2D eigenvalue weighted by Gasteiger charge is 2.20. The van der Waals surface area contributed by atoms with Crippen LogP contribution in [0.2, 0.25) is 0 Å². The lowest BCUT2D eigenvalue weighted by Crippen LogP contribution is -1.99. The van der Waals surface area contributed by atoms with E-state index in [0.717, 1.165) is 6.07 Å². The first-order valence-corrected chi connectivity index (χ1v) is 4.63. The normalized spacial score (nSPS) is 10.4. The van der Waals surface area contributed by atoms with Crippen LogP contribution in [0.1, 0.15) is 0 Å². The van der Waals surface area contributed by atoms with E-state index < -0.39 is 17.5 Å². The Balaban J connectivity index is 2.70. The molecule has 0 saturated carbocycles. The molecular weight excluding hydrogens is 233 g/mol. The van der Waals surface area contributed by atoms with Crippen LogP contribution < -0.4 is 4.74 Å². The second kappa shape index (κ2) is 4.40. The van der Waals surface area contributed by atoms with Gasteiger partial charge in [-0.2, -0.15) is 14.6 Å². The predicted octanol–water partition coefficient (Wildman–Crippen LogP) is 2.57. The minimum absolute atomic E-state index is 0.0822. The van der Waals surface area contributed by atoms with Crippen molar-refractivity contribution >= 4 is 0 Å². The minimum atomic E-state index is -1.56. The number of rotatable bonds is 2. The monoisotopic (exact) mass is 240 g/mol. The maximum absolute atomic E-state index is 13.4. The van der Waals surface area contributed by atoms with E-state index in [1.807, 2.05) is 0 Å². The van der Waals surface area contributed by atoms with Gasteiger partial charge in [0.05, 0.1) is 19.5 Å². The van der Waals surface area contributed by atoms with E-state index in [1.165, 1.54) is 25.6 Å². The van der Waals surface area contributed by atoms with E-state index in [9.17, 15) is 13.2 Å². The van der Waals surface area contributed by atoms with E-state index in [1.54, 1.807) is 0 Å². The Morgan fingerprint density at radius 1 is 1.12 bits per heavy atom. The topological polar surface area (TPSA) is 35.0 Å². The molecule has 0 radical (unpaired) electrons. The third-order valence-corrected chi connectivity index (χ3v) is 2.22. The summed E-state index contributed by atoms with van der Waals surface area (Å²) in [6.07, 6.45) is 2.66. The smallest absolute Gasteiger partial charge is 0.204 e. The number of hydrogen-bond acceptors (Lipinski definition) is 3. The Kier molecular flexibility index (Phi) is 2.95. The van der Waals surface area contributed by atoms with Gasteiger partial charge in [0.15, 0.2) is 17.4 Å². The zero-order valence-electron chi connectivity index (χ0n) is 8.75. The molecule has 0 atom stereocenters. The van der Waals surface area contributed by atoms with Crippen LogP contribution in [0.15, 0.2) is 24.5 Å². The molecule has 0 N–H and O–H groups in total. The molecule has 17 heavy (non-hydrogen) atoms. The summed E-state index contributed by atoms with van der Waals surface area (Å²) >= 11 is 0. The summed E-state index contributed by atoms with van der Waals surface area (Å²) in [4.78, 5) is 0. The van der Waals surface area contributed by atoms with Crippen molar-refractivity contribution in [3.8, 4) is 16.9 Å². The molecule has 0 aliphatic heterocycles. The van der Waals surface area contributed by atoms with Gasteiger partial charge in [-0.25, -0.2) is 8.78 Å². The van der Waals surface area contributed by atoms with Crippen LogP contribution in [-0.4, -0.2) is 17.3 Å². The lowest BCUT2D eigenvalue weighted by atomic mass is 10.1. The summed E-state index contributed by atoms with van der Waals surface area (Å²) in [6.45, 7) is 0. The van der Waals surface area contributed by atoms with Gasteiger partial charge in [-0.05, 0) is 12.1 Å². The zero-order chi connectivity index (χ0) is 12.4. The molecular formula is C11H7F3N2O. The summed E-state index contributed by atoms with van der Waals surface area (Å²) in [7, 11) is 1.17. The molecule has 0 aliphatic rings. The highest BCUT2D eigenvalue weighted by Crippen LogP contribution is 2.34. The lowest BCUT2D eigenvalue weighted by Gasteiger charge is -2.10. The SMILES string of the molecule is COc1c(-c2ccnnc2)cc(F)c(F)c1F. The molecule has 2 rings (SSSR count). The van der Waals surface area contributed by atoms with Crippen molar-refractivity contribution in [2.45, 2.75) is 0 Å². The Morgan fingerprint density at radius 2 is 1.88 bits per heavy atom. The molecule has 6 heteroatoms. The molecule has 3 nitrogen and oxygen atoms in total. The zero-order valence-corrected chi connectivity index (χ0v) is 8.75. The van der Waals surface area contributed by atoms with Crippen molar-refractivity contribution in [2.75, 3.05) is 7.11 Å². The standard InChI is InChI=1S/C11H7F3N2O/c1-17-11-7(6-2-3-15-16-5-6)4-8(12)9(13)10(11)14/h2-5H,1H3. The van der Waals surface area contributed by atoms with Crippen LogP contribution in [0.4, 0.5) is 13.2 Å². The fourth-order valence-electron chi connectivity index (χ4n) is 1.44. The van der Waals surface area contributed by atoms with Crippen LogP contribution in [0, 0.1) is 17.5 Å². The van der Waals surface area contributed by atoms with Gasteiger partial charge in [0.1, 0.15) is 0 Å². The molecule has 0 amide bonds. The number of halogens is 3. The van der Waals surface area contributed by atoms with Crippen molar-refractivity contribution in [1.29, 1.82) is 0 Å². The van der Waals surface area contributed by atoms with Crippen molar-refractivity contribution in [2.24, 2.45) is 0 Å². The third-order valence-electron chi connectivity index (χ3n) is 2.22. The third kappa shape index (κ3) is 1.93. The Bertz CT molecular complexity index is 546. The van der Waals surface area contributed by atoms with Gasteiger partial charge in [0.25, 0.3) is 0 Å². The van der Waals surface area contributed by atoms with Crippen molar-refractivity contribution < 1.29 is 17.9 Å². The summed E-state index contributed by atoms with van der Waals surface area (Å²) in [5, 5.41) is 7.11. The average Bonchev–Trinajstić information content (AvgIpc) is 2.36. The number of ether oxygens (including phenoxy) is 1. The van der Waals surface area contributed by atoms with E-state index in [-0.39, 0.29) is 11.3 Å². The van der Waals surface area contributed by atoms with Crippen LogP contribution in [0.5, 0.6) is 5.75 Å². The van der Waals surface area contributed by atoms with E-state index >= 15 is 0 Å². The van der Waals surface area contributed by atoms with Crippen LogP contribution in [0.25, 0.3) is 11.1 Å². The van der Waals surface area contributed by atoms with E-state index in [4.69, 9.17) is 4.74 Å². The predicted molar refractivity (Wildman–Crippen MR) is 53.9 cm³/mol. The highest BCUT2D eigenvalue weighted by molar-refractivity contribution is 5.69. The second-order valence-electron chi connectivity index (χ2n) is 3.20. The molecule has 88 valence electrons. The van der Waals surface area contributed by atoms with Gasteiger partial charge in [-0.15, -0.1) is 0 Å². The highest BCUT2D eigenvalue weighted by atomic mass is 19.2. The van der Waals surface area contributed by atoms with Gasteiger partial charge < -0.3 is 4.74 Å². The first kappa shape index (κ1) is 11.4. The first-order valence-electron chi connectivity index (χ1n) is 4.63. The molecule has 0 saturated heterocycles. The molecule has 1 aromatic heterocycles. The van der Waals surface area contributed by atoms with Crippen LogP contribution in [-0.2, 0) is 0 Å². The number of methoxy groups -OCH3 is 1. The summed E-state index contributed by atoms with van der Waals surface area (Å²) in [5.74, 6) is -4.57. The number of hydrogen-bond donors (Lipinski definition) is 0. The van der Waals surface area contributed by atoms with Crippen molar-refractivity contribution in [3.05, 3.63) is 42.0 Å². The van der Waals surface area contributed by atoms with Gasteiger partial charge in [0, 0.05) is 11.1 Å². The molecule has 0 bridgehead atoms. The molecule has 1 heterocycles. The molecule has 0 unspecified atom stereocenters. The Morgan fingerprint density at radius 3 is 2.47 bits per heavy atom. The first-order chi connectivity index (χ1) is 8.15. The van der Waals surface area contributed by atoms with E-state index in [2.05, 4.69) is 10.2 Å². The average molecular weight is 240 g/mol. The van der Waals surface area contributed by atoms with Gasteiger partial charge >= 0.3 is 0 Å². The molecule has 0 fully saturated rings. The van der Waals surface area contributed by atoms with Crippen molar-refractivity contribution in [3.63, 3.8) is 0 Å². The molecule has 2 aromatic rings. The number of nitrogens with zero attached hydrogens (tertiary/aromatic N) is 2. The fourth-order valence-corrected chi connectivity index (χ4v) is 1.44. The second-order valence-corrected chi connectivity index (χ2v) is 3.20. The quantitative estimate of drug-likeness (QED) is 0.757. The maximum Gasteiger partial charge on any atom is 0.204 e. The fraction of sp³-hybridized carbons (Fsp3) is 0.0909. The maximum atomic E-state index is 13.4. The summed E-state index contributed by atoms with van der Waals surface area (Å²) in [6, 6.07) is 2.34. The molecule has 0 spiro atoms. The molecule has 1 aromatic carbocycles. The molecule has 0 aliphatic carbocycles. The van der Waals surface area contributed by atoms with Crippen molar-refractivity contribution in [1.82, 2.24) is 10.2 Å². The minimum Gasteiger partial charge on any atom is -0.493 e. The largest absolute Gasteiger partial charge is 0.493 e. The van der Waals surface area contributed by atoms with Gasteiger partial charge in [-0.1, -0.05) is 0 Å². The van der Waals surface area contributed by atoms with Crippen LogP contribution in [0.3, 0.4) is 0 Å². The number of aromatic nitrogens is 2.